The van der Waals surface area contributed by atoms with Crippen LogP contribution in [0.5, 0.6) is 0 Å². The Morgan fingerprint density at radius 1 is 0.825 bits per heavy atom. The molecule has 1 saturated heterocycles. The maximum absolute atomic E-state index is 13.9. The molecule has 296 valence electrons. The fourth-order valence-electron chi connectivity index (χ4n) is 6.94. The fraction of sp³-hybridized carbons (Fsp3) is 0.256. The van der Waals surface area contributed by atoms with Crippen LogP contribution in [0.4, 0.5) is 17.2 Å². The van der Waals surface area contributed by atoms with Gasteiger partial charge in [0.2, 0.25) is 0 Å². The van der Waals surface area contributed by atoms with Gasteiger partial charge in [0.25, 0.3) is 10.0 Å². The van der Waals surface area contributed by atoms with Gasteiger partial charge in [-0.05, 0) is 98.3 Å². The van der Waals surface area contributed by atoms with Crippen molar-refractivity contribution in [2.45, 2.75) is 28.8 Å². The van der Waals surface area contributed by atoms with Crippen LogP contribution in [-0.2, 0) is 16.6 Å². The number of halogens is 3. The third-order valence-corrected chi connectivity index (χ3v) is 13.6. The van der Waals surface area contributed by atoms with Crippen molar-refractivity contribution < 1.29 is 8.42 Å². The van der Waals surface area contributed by atoms with Gasteiger partial charge in [-0.25, -0.2) is 18.4 Å². The molecule has 57 heavy (non-hydrogen) atoms. The van der Waals surface area contributed by atoms with Gasteiger partial charge < -0.3 is 15.1 Å². The highest BCUT2D eigenvalue weighted by molar-refractivity contribution is 7.99. The van der Waals surface area contributed by atoms with Crippen LogP contribution in [0.25, 0.3) is 22.0 Å². The third kappa shape index (κ3) is 10.5. The Labute approximate surface area is 354 Å². The van der Waals surface area contributed by atoms with Crippen LogP contribution in [0.1, 0.15) is 12.0 Å². The maximum atomic E-state index is 13.9. The van der Waals surface area contributed by atoms with Gasteiger partial charge in [0.1, 0.15) is 11.2 Å². The molecule has 1 aliphatic rings. The predicted molar refractivity (Wildman–Crippen MR) is 239 cm³/mol. The molecule has 1 aromatic heterocycles. The van der Waals surface area contributed by atoms with Gasteiger partial charge in [-0.1, -0.05) is 89.4 Å². The van der Waals surface area contributed by atoms with Gasteiger partial charge in [-0.15, -0.1) is 11.8 Å². The lowest BCUT2D eigenvalue weighted by Crippen LogP contribution is -2.46. The van der Waals surface area contributed by atoms with Crippen molar-refractivity contribution in [3.8, 4) is 11.1 Å². The van der Waals surface area contributed by atoms with E-state index in [9.17, 15) is 8.42 Å². The molecule has 0 bridgehead atoms. The zero-order valence-corrected chi connectivity index (χ0v) is 35.6. The minimum atomic E-state index is -4.23. The van der Waals surface area contributed by atoms with Gasteiger partial charge >= 0.3 is 0 Å². The highest BCUT2D eigenvalue weighted by Crippen LogP contribution is 2.36. The zero-order valence-electron chi connectivity index (χ0n) is 31.7. The Morgan fingerprint density at radius 3 is 2.25 bits per heavy atom. The standard InChI is InChI=1S/C43H44Cl3N7O2S2/c1-51(2)19-18-33(28-56-36-9-4-3-5-10-36)49-34-24-39(45)42(40(46)25-34)57(54,55)50-43-38-17-16-35(26-41(38)47-29-48-43)53-22-20-52(21-23-53)27-31-8-6-7-11-37(31)30-12-14-32(44)15-13-30/h3-17,24-26,29,33,49H,18-23,27-28H2,1-2H3,(H,47,48,50). The lowest BCUT2D eigenvalue weighted by molar-refractivity contribution is 0.250. The van der Waals surface area contributed by atoms with Crippen molar-refractivity contribution in [3.05, 3.63) is 136 Å². The molecule has 1 unspecified atom stereocenters. The Kier molecular flexibility index (Phi) is 13.5. The Balaban J connectivity index is 1.01. The van der Waals surface area contributed by atoms with Crippen molar-refractivity contribution in [1.29, 1.82) is 0 Å². The molecule has 1 atom stereocenters. The summed E-state index contributed by atoms with van der Waals surface area (Å²) < 4.78 is 30.4. The summed E-state index contributed by atoms with van der Waals surface area (Å²) in [6, 6.07) is 35.8. The quantitative estimate of drug-likeness (QED) is 0.0980. The van der Waals surface area contributed by atoms with Crippen LogP contribution >= 0.6 is 46.6 Å². The summed E-state index contributed by atoms with van der Waals surface area (Å²) in [5.41, 5.74) is 5.91. The Hall–Kier alpha value is -4.07. The number of nitrogens with zero attached hydrogens (tertiary/aromatic N) is 5. The molecule has 2 heterocycles. The van der Waals surface area contributed by atoms with Crippen molar-refractivity contribution in [3.63, 3.8) is 0 Å². The molecule has 0 saturated carbocycles. The van der Waals surface area contributed by atoms with E-state index in [0.29, 0.717) is 16.6 Å². The van der Waals surface area contributed by atoms with E-state index in [0.717, 1.165) is 67.7 Å². The second kappa shape index (κ2) is 18.7. The molecular formula is C43H44Cl3N7O2S2. The van der Waals surface area contributed by atoms with E-state index in [1.807, 2.05) is 62.6 Å². The topological polar surface area (TPSA) is 93.7 Å². The number of nitrogens with one attached hydrogen (secondary N) is 2. The first kappa shape index (κ1) is 41.1. The largest absolute Gasteiger partial charge is 0.381 e. The minimum Gasteiger partial charge on any atom is -0.381 e. The molecule has 0 radical (unpaired) electrons. The number of rotatable bonds is 15. The number of hydrogen-bond acceptors (Lipinski definition) is 9. The monoisotopic (exact) mass is 859 g/mol. The zero-order chi connectivity index (χ0) is 39.9. The normalized spacial score (nSPS) is 14.2. The molecule has 2 N–H and O–H groups in total. The van der Waals surface area contributed by atoms with Crippen molar-refractivity contribution in [1.82, 2.24) is 19.8 Å². The van der Waals surface area contributed by atoms with Crippen LogP contribution in [0, 0.1) is 0 Å². The van der Waals surface area contributed by atoms with E-state index in [1.165, 1.54) is 22.3 Å². The van der Waals surface area contributed by atoms with Gasteiger partial charge in [-0.3, -0.25) is 9.62 Å². The molecular weight excluding hydrogens is 817 g/mol. The van der Waals surface area contributed by atoms with Gasteiger partial charge in [0, 0.05) is 71.2 Å². The molecule has 1 aliphatic heterocycles. The Morgan fingerprint density at radius 2 is 1.53 bits per heavy atom. The maximum Gasteiger partial charge on any atom is 0.266 e. The summed E-state index contributed by atoms with van der Waals surface area (Å²) in [4.78, 5) is 16.7. The number of piperazine rings is 1. The number of sulfonamides is 1. The SMILES string of the molecule is CN(C)CCC(CSc1ccccc1)Nc1cc(Cl)c(S(=O)(=O)Nc2ncnc3cc(N4CCN(Cc5ccccc5-c5ccc(Cl)cc5)CC4)ccc23)c(Cl)c1. The number of anilines is 3. The van der Waals surface area contributed by atoms with E-state index in [4.69, 9.17) is 34.8 Å². The number of benzene rings is 5. The average molecular weight is 861 g/mol. The number of aromatic nitrogens is 2. The number of thioether (sulfide) groups is 1. The van der Waals surface area contributed by atoms with Gasteiger partial charge in [0.15, 0.2) is 5.82 Å². The highest BCUT2D eigenvalue weighted by Gasteiger charge is 2.26. The molecule has 7 rings (SSSR count). The molecule has 1 fully saturated rings. The smallest absolute Gasteiger partial charge is 0.266 e. The van der Waals surface area contributed by atoms with Gasteiger partial charge in [-0.2, -0.15) is 0 Å². The molecule has 14 heteroatoms. The van der Waals surface area contributed by atoms with Crippen LogP contribution in [0.2, 0.25) is 15.1 Å². The van der Waals surface area contributed by atoms with E-state index >= 15 is 0 Å². The number of fused-ring (bicyclic) bond motifs is 1. The van der Waals surface area contributed by atoms with E-state index in [1.54, 1.807) is 23.9 Å². The molecule has 5 aromatic carbocycles. The fourth-order valence-corrected chi connectivity index (χ4v) is 10.3. The highest BCUT2D eigenvalue weighted by atomic mass is 35.5. The molecule has 0 spiro atoms. The first-order valence-corrected chi connectivity index (χ1v) is 22.3. The van der Waals surface area contributed by atoms with E-state index < -0.39 is 10.0 Å². The molecule has 6 aromatic rings. The number of hydrogen-bond donors (Lipinski definition) is 2. The summed E-state index contributed by atoms with van der Waals surface area (Å²) in [6.07, 6.45) is 2.22. The molecule has 0 amide bonds. The second-order valence-electron chi connectivity index (χ2n) is 14.3. The lowest BCUT2D eigenvalue weighted by atomic mass is 9.99. The molecule has 0 aliphatic carbocycles. The van der Waals surface area contributed by atoms with E-state index in [2.05, 4.69) is 83.2 Å². The van der Waals surface area contributed by atoms with E-state index in [-0.39, 0.29) is 26.8 Å². The van der Waals surface area contributed by atoms with Gasteiger partial charge in [0.05, 0.1) is 15.6 Å². The Bertz CT molecular complexity index is 2390. The van der Waals surface area contributed by atoms with Crippen LogP contribution in [0.3, 0.4) is 0 Å². The van der Waals surface area contributed by atoms with Crippen molar-refractivity contribution >= 4 is 84.7 Å². The van der Waals surface area contributed by atoms with Crippen molar-refractivity contribution in [2.75, 3.05) is 67.5 Å². The summed E-state index contributed by atoms with van der Waals surface area (Å²) >= 11 is 21.3. The lowest BCUT2D eigenvalue weighted by Gasteiger charge is -2.36. The summed E-state index contributed by atoms with van der Waals surface area (Å²) in [5, 5.41) is 4.83. The minimum absolute atomic E-state index is 0.00725. The predicted octanol–water partition coefficient (Wildman–Crippen LogP) is 9.90. The van der Waals surface area contributed by atoms with Crippen LogP contribution in [0.15, 0.2) is 125 Å². The second-order valence-corrected chi connectivity index (χ2v) is 18.2. The first-order chi connectivity index (χ1) is 27.5. The summed E-state index contributed by atoms with van der Waals surface area (Å²) in [5.74, 6) is 0.945. The van der Waals surface area contributed by atoms with Crippen LogP contribution < -0.4 is 14.9 Å². The van der Waals surface area contributed by atoms with Crippen LogP contribution in [-0.4, -0.2) is 86.8 Å². The third-order valence-electron chi connectivity index (χ3n) is 9.91. The van der Waals surface area contributed by atoms with Crippen molar-refractivity contribution in [2.24, 2.45) is 0 Å². The summed E-state index contributed by atoms with van der Waals surface area (Å²) in [7, 11) is -0.154. The molecule has 9 nitrogen and oxygen atoms in total. The summed E-state index contributed by atoms with van der Waals surface area (Å²) in [6.45, 7) is 5.17. The first-order valence-electron chi connectivity index (χ1n) is 18.7. The average Bonchev–Trinajstić information content (AvgIpc) is 3.19.